The molecule has 0 aliphatic heterocycles. The first kappa shape index (κ1) is 17.1. The van der Waals surface area contributed by atoms with Crippen molar-refractivity contribution in [2.24, 2.45) is 7.05 Å². The van der Waals surface area contributed by atoms with Crippen LogP contribution in [0.5, 0.6) is 0 Å². The first-order chi connectivity index (χ1) is 12.6. The molecule has 0 aliphatic rings. The van der Waals surface area contributed by atoms with Gasteiger partial charge in [-0.3, -0.25) is 0 Å². The fourth-order valence-corrected chi connectivity index (χ4v) is 4.26. The highest BCUT2D eigenvalue weighted by Gasteiger charge is 2.16. The van der Waals surface area contributed by atoms with Gasteiger partial charge < -0.3 is 8.98 Å². The quantitative estimate of drug-likeness (QED) is 0.449. The number of nitrogens with zero attached hydrogens (tertiary/aromatic N) is 4. The number of oxazole rings is 1. The standard InChI is InChI=1S/C19H18N4OS2/c1-12-7-4-5-8-14(12)17-21-22-19(23(17)3)26-11-15-13(2)24-18(20-15)16-9-6-10-25-16/h4-10H,11H2,1-3H3. The van der Waals surface area contributed by atoms with E-state index < -0.39 is 0 Å². The van der Waals surface area contributed by atoms with Gasteiger partial charge in [0.05, 0.1) is 10.6 Å². The van der Waals surface area contributed by atoms with E-state index in [1.54, 1.807) is 23.1 Å². The van der Waals surface area contributed by atoms with Gasteiger partial charge >= 0.3 is 0 Å². The zero-order chi connectivity index (χ0) is 18.1. The molecule has 0 N–H and O–H groups in total. The van der Waals surface area contributed by atoms with Crippen LogP contribution in [-0.4, -0.2) is 19.7 Å². The smallest absolute Gasteiger partial charge is 0.236 e. The summed E-state index contributed by atoms with van der Waals surface area (Å²) >= 11 is 3.24. The van der Waals surface area contributed by atoms with Crippen LogP contribution in [0.15, 0.2) is 51.4 Å². The number of benzene rings is 1. The van der Waals surface area contributed by atoms with Crippen molar-refractivity contribution >= 4 is 23.1 Å². The van der Waals surface area contributed by atoms with Gasteiger partial charge in [0.25, 0.3) is 0 Å². The van der Waals surface area contributed by atoms with Crippen molar-refractivity contribution in [3.05, 3.63) is 58.8 Å². The molecular weight excluding hydrogens is 364 g/mol. The van der Waals surface area contributed by atoms with Crippen molar-refractivity contribution in [2.45, 2.75) is 24.8 Å². The molecule has 0 bridgehead atoms. The summed E-state index contributed by atoms with van der Waals surface area (Å²) in [5.74, 6) is 3.11. The maximum Gasteiger partial charge on any atom is 0.236 e. The first-order valence-electron chi connectivity index (χ1n) is 8.22. The fourth-order valence-electron chi connectivity index (χ4n) is 2.70. The summed E-state index contributed by atoms with van der Waals surface area (Å²) in [6, 6.07) is 12.2. The minimum atomic E-state index is 0.687. The highest BCUT2D eigenvalue weighted by atomic mass is 32.2. The van der Waals surface area contributed by atoms with Crippen LogP contribution < -0.4 is 0 Å². The molecule has 0 aliphatic carbocycles. The van der Waals surface area contributed by atoms with E-state index in [2.05, 4.69) is 34.2 Å². The van der Waals surface area contributed by atoms with Gasteiger partial charge in [0.2, 0.25) is 5.89 Å². The Morgan fingerprint density at radius 3 is 2.73 bits per heavy atom. The highest BCUT2D eigenvalue weighted by Crippen LogP contribution is 2.30. The number of thiophene rings is 1. The SMILES string of the molecule is Cc1ccccc1-c1nnc(SCc2nc(-c3cccs3)oc2C)n1C. The maximum atomic E-state index is 5.81. The maximum absolute atomic E-state index is 5.81. The van der Waals surface area contributed by atoms with Crippen LogP contribution in [-0.2, 0) is 12.8 Å². The first-order valence-corrected chi connectivity index (χ1v) is 10.1. The van der Waals surface area contributed by atoms with Crippen molar-refractivity contribution in [3.63, 3.8) is 0 Å². The van der Waals surface area contributed by atoms with Crippen molar-refractivity contribution in [1.82, 2.24) is 19.7 Å². The van der Waals surface area contributed by atoms with E-state index in [0.29, 0.717) is 11.6 Å². The molecule has 0 radical (unpaired) electrons. The Labute approximate surface area is 160 Å². The summed E-state index contributed by atoms with van der Waals surface area (Å²) in [6.07, 6.45) is 0. The summed E-state index contributed by atoms with van der Waals surface area (Å²) in [5.41, 5.74) is 3.23. The van der Waals surface area contributed by atoms with Gasteiger partial charge in [-0.05, 0) is 30.9 Å². The minimum Gasteiger partial charge on any atom is -0.440 e. The second kappa shape index (κ2) is 7.09. The molecule has 26 heavy (non-hydrogen) atoms. The molecule has 132 valence electrons. The topological polar surface area (TPSA) is 56.7 Å². The Morgan fingerprint density at radius 2 is 1.96 bits per heavy atom. The molecule has 1 aromatic carbocycles. The van der Waals surface area contributed by atoms with Gasteiger partial charge in [0.15, 0.2) is 11.0 Å². The van der Waals surface area contributed by atoms with Crippen molar-refractivity contribution < 1.29 is 4.42 Å². The lowest BCUT2D eigenvalue weighted by molar-refractivity contribution is 0.542. The Morgan fingerprint density at radius 1 is 1.12 bits per heavy atom. The monoisotopic (exact) mass is 382 g/mol. The molecule has 0 amide bonds. The molecule has 5 nitrogen and oxygen atoms in total. The third kappa shape index (κ3) is 3.20. The molecule has 4 aromatic rings. The Kier molecular flexibility index (Phi) is 4.65. The molecule has 0 saturated carbocycles. The molecule has 3 heterocycles. The Balaban J connectivity index is 1.54. The van der Waals surface area contributed by atoms with Crippen LogP contribution in [0.2, 0.25) is 0 Å². The van der Waals surface area contributed by atoms with E-state index >= 15 is 0 Å². The third-order valence-electron chi connectivity index (χ3n) is 4.18. The van der Waals surface area contributed by atoms with E-state index in [1.165, 1.54) is 5.56 Å². The van der Waals surface area contributed by atoms with Crippen LogP contribution in [0, 0.1) is 13.8 Å². The Bertz CT molecular complexity index is 1030. The lowest BCUT2D eigenvalue weighted by Gasteiger charge is -2.05. The Hall–Kier alpha value is -2.38. The van der Waals surface area contributed by atoms with E-state index in [9.17, 15) is 0 Å². The average Bonchev–Trinajstić information content (AvgIpc) is 3.35. The van der Waals surface area contributed by atoms with Crippen LogP contribution in [0.1, 0.15) is 17.0 Å². The van der Waals surface area contributed by atoms with Crippen LogP contribution in [0.4, 0.5) is 0 Å². The normalized spacial score (nSPS) is 11.2. The van der Waals surface area contributed by atoms with Gasteiger partial charge in [-0.25, -0.2) is 4.98 Å². The van der Waals surface area contributed by atoms with Gasteiger partial charge in [-0.1, -0.05) is 42.1 Å². The number of hydrogen-bond acceptors (Lipinski definition) is 6. The van der Waals surface area contributed by atoms with Gasteiger partial charge in [-0.2, -0.15) is 0 Å². The molecule has 0 unspecified atom stereocenters. The summed E-state index contributed by atoms with van der Waals surface area (Å²) in [4.78, 5) is 5.69. The minimum absolute atomic E-state index is 0.687. The van der Waals surface area contributed by atoms with E-state index in [1.807, 2.05) is 48.2 Å². The van der Waals surface area contributed by atoms with E-state index in [4.69, 9.17) is 4.42 Å². The molecule has 0 fully saturated rings. The fraction of sp³-hybridized carbons (Fsp3) is 0.211. The lowest BCUT2D eigenvalue weighted by atomic mass is 10.1. The number of thioether (sulfide) groups is 1. The largest absolute Gasteiger partial charge is 0.440 e. The van der Waals surface area contributed by atoms with Crippen LogP contribution in [0.25, 0.3) is 22.2 Å². The molecule has 7 heteroatoms. The molecular formula is C19H18N4OS2. The van der Waals surface area contributed by atoms with Crippen molar-refractivity contribution in [3.8, 4) is 22.2 Å². The van der Waals surface area contributed by atoms with Crippen molar-refractivity contribution in [1.29, 1.82) is 0 Å². The second-order valence-electron chi connectivity index (χ2n) is 5.97. The number of aromatic nitrogens is 4. The molecule has 0 spiro atoms. The molecule has 0 atom stereocenters. The molecule has 3 aromatic heterocycles. The summed E-state index contributed by atoms with van der Waals surface area (Å²) in [5, 5.41) is 11.6. The number of aryl methyl sites for hydroxylation is 2. The molecule has 4 rings (SSSR count). The zero-order valence-corrected chi connectivity index (χ0v) is 16.4. The third-order valence-corrected chi connectivity index (χ3v) is 6.07. The lowest BCUT2D eigenvalue weighted by Crippen LogP contribution is -1.96. The van der Waals surface area contributed by atoms with E-state index in [-0.39, 0.29) is 0 Å². The van der Waals surface area contributed by atoms with Crippen LogP contribution >= 0.6 is 23.1 Å². The summed E-state index contributed by atoms with van der Waals surface area (Å²) in [7, 11) is 2.00. The highest BCUT2D eigenvalue weighted by molar-refractivity contribution is 7.98. The zero-order valence-electron chi connectivity index (χ0n) is 14.8. The van der Waals surface area contributed by atoms with Crippen molar-refractivity contribution in [2.75, 3.05) is 0 Å². The average molecular weight is 383 g/mol. The second-order valence-corrected chi connectivity index (χ2v) is 7.86. The number of hydrogen-bond donors (Lipinski definition) is 0. The summed E-state index contributed by atoms with van der Waals surface area (Å²) < 4.78 is 7.84. The summed E-state index contributed by atoms with van der Waals surface area (Å²) in [6.45, 7) is 4.04. The van der Waals surface area contributed by atoms with E-state index in [0.717, 1.165) is 32.9 Å². The van der Waals surface area contributed by atoms with Gasteiger partial charge in [0, 0.05) is 18.4 Å². The van der Waals surface area contributed by atoms with Gasteiger partial charge in [-0.15, -0.1) is 21.5 Å². The number of rotatable bonds is 5. The van der Waals surface area contributed by atoms with Crippen LogP contribution in [0.3, 0.4) is 0 Å². The molecule has 0 saturated heterocycles. The van der Waals surface area contributed by atoms with Gasteiger partial charge in [0.1, 0.15) is 5.76 Å². The predicted molar refractivity (Wildman–Crippen MR) is 105 cm³/mol. The predicted octanol–water partition coefficient (Wildman–Crippen LogP) is 5.11.